The number of nitrogens with two attached hydrogens (primary N) is 1. The predicted octanol–water partition coefficient (Wildman–Crippen LogP) is 1.76. The van der Waals surface area contributed by atoms with Gasteiger partial charge in [-0.05, 0) is 26.7 Å². The van der Waals surface area contributed by atoms with Crippen LogP contribution in [0.2, 0.25) is 0 Å². The Morgan fingerprint density at radius 1 is 1.00 bits per heavy atom. The summed E-state index contributed by atoms with van der Waals surface area (Å²) in [6.45, 7) is 6.46. The van der Waals surface area contributed by atoms with E-state index in [1.54, 1.807) is 0 Å². The summed E-state index contributed by atoms with van der Waals surface area (Å²) in [5.74, 6) is 0. The van der Waals surface area contributed by atoms with Crippen molar-refractivity contribution in [1.82, 2.24) is 4.90 Å². The molecular weight excluding hydrogens is 200 g/mol. The highest BCUT2D eigenvalue weighted by molar-refractivity contribution is 4.88. The molecule has 1 aliphatic heterocycles. The Kier molecular flexibility index (Phi) is 4.22. The lowest BCUT2D eigenvalue weighted by Crippen LogP contribution is -2.55. The van der Waals surface area contributed by atoms with Gasteiger partial charge in [-0.1, -0.05) is 19.3 Å². The SMILES string of the molecule is C[C@@H]1CN(C2CCCCCC2N)C[C@H](C)O1. The van der Waals surface area contributed by atoms with Crippen molar-refractivity contribution in [1.29, 1.82) is 0 Å². The zero-order chi connectivity index (χ0) is 11.5. The molecule has 2 fully saturated rings. The molecule has 3 heteroatoms. The summed E-state index contributed by atoms with van der Waals surface area (Å²) in [5, 5.41) is 0. The van der Waals surface area contributed by atoms with E-state index in [1.807, 2.05) is 0 Å². The van der Waals surface area contributed by atoms with Gasteiger partial charge in [0.1, 0.15) is 0 Å². The Labute approximate surface area is 99.3 Å². The van der Waals surface area contributed by atoms with Gasteiger partial charge in [0.25, 0.3) is 0 Å². The van der Waals surface area contributed by atoms with Gasteiger partial charge in [0.2, 0.25) is 0 Å². The molecule has 0 aromatic rings. The van der Waals surface area contributed by atoms with Gasteiger partial charge < -0.3 is 10.5 Å². The molecule has 1 saturated carbocycles. The molecule has 0 amide bonds. The van der Waals surface area contributed by atoms with Crippen molar-refractivity contribution in [3.63, 3.8) is 0 Å². The van der Waals surface area contributed by atoms with Crippen LogP contribution in [0.5, 0.6) is 0 Å². The van der Waals surface area contributed by atoms with Crippen LogP contribution in [0.15, 0.2) is 0 Å². The molecule has 0 spiro atoms. The van der Waals surface area contributed by atoms with Crippen molar-refractivity contribution in [3.8, 4) is 0 Å². The first kappa shape index (κ1) is 12.3. The second-order valence-electron chi connectivity index (χ2n) is 5.58. The fraction of sp³-hybridized carbons (Fsp3) is 1.00. The van der Waals surface area contributed by atoms with Crippen molar-refractivity contribution in [2.75, 3.05) is 13.1 Å². The van der Waals surface area contributed by atoms with E-state index in [1.165, 1.54) is 32.1 Å². The van der Waals surface area contributed by atoms with Crippen molar-refractivity contribution in [2.24, 2.45) is 5.73 Å². The molecular formula is C13H26N2O. The molecule has 0 radical (unpaired) electrons. The maximum Gasteiger partial charge on any atom is 0.0678 e. The van der Waals surface area contributed by atoms with Crippen molar-refractivity contribution >= 4 is 0 Å². The molecule has 1 heterocycles. The average molecular weight is 226 g/mol. The molecule has 2 aliphatic rings. The Hall–Kier alpha value is -0.120. The van der Waals surface area contributed by atoms with Gasteiger partial charge in [0.05, 0.1) is 12.2 Å². The molecule has 0 aromatic carbocycles. The van der Waals surface area contributed by atoms with Crippen LogP contribution in [0.25, 0.3) is 0 Å². The first-order chi connectivity index (χ1) is 7.66. The summed E-state index contributed by atoms with van der Waals surface area (Å²) >= 11 is 0. The van der Waals surface area contributed by atoms with Gasteiger partial charge in [-0.2, -0.15) is 0 Å². The van der Waals surface area contributed by atoms with Gasteiger partial charge in [-0.15, -0.1) is 0 Å². The van der Waals surface area contributed by atoms with Crippen LogP contribution in [0.1, 0.15) is 46.0 Å². The quantitative estimate of drug-likeness (QED) is 0.692. The van der Waals surface area contributed by atoms with Crippen LogP contribution < -0.4 is 5.73 Å². The van der Waals surface area contributed by atoms with Gasteiger partial charge in [0.15, 0.2) is 0 Å². The van der Waals surface area contributed by atoms with Crippen LogP contribution in [-0.2, 0) is 4.74 Å². The van der Waals surface area contributed by atoms with Gasteiger partial charge in [-0.3, -0.25) is 4.90 Å². The molecule has 0 aromatic heterocycles. The van der Waals surface area contributed by atoms with Crippen LogP contribution >= 0.6 is 0 Å². The lowest BCUT2D eigenvalue weighted by atomic mass is 10.0. The highest BCUT2D eigenvalue weighted by Crippen LogP contribution is 2.24. The molecule has 16 heavy (non-hydrogen) atoms. The molecule has 2 unspecified atom stereocenters. The van der Waals surface area contributed by atoms with E-state index < -0.39 is 0 Å². The Bertz CT molecular complexity index is 212. The molecule has 1 saturated heterocycles. The fourth-order valence-electron chi connectivity index (χ4n) is 3.26. The number of hydrogen-bond donors (Lipinski definition) is 1. The van der Waals surface area contributed by atoms with Gasteiger partial charge >= 0.3 is 0 Å². The highest BCUT2D eigenvalue weighted by atomic mass is 16.5. The standard InChI is InChI=1S/C13H26N2O/c1-10-8-15(9-11(2)16-10)13-7-5-3-4-6-12(13)14/h10-13H,3-9,14H2,1-2H3/t10-,11+,12?,13?. The highest BCUT2D eigenvalue weighted by Gasteiger charge is 2.31. The number of hydrogen-bond acceptors (Lipinski definition) is 3. The predicted molar refractivity (Wildman–Crippen MR) is 66.4 cm³/mol. The Morgan fingerprint density at radius 2 is 1.62 bits per heavy atom. The van der Waals surface area contributed by atoms with E-state index in [0.29, 0.717) is 24.3 Å². The maximum absolute atomic E-state index is 6.32. The summed E-state index contributed by atoms with van der Waals surface area (Å²) in [6.07, 6.45) is 7.22. The van der Waals surface area contributed by atoms with Crippen molar-refractivity contribution in [2.45, 2.75) is 70.2 Å². The molecule has 1 aliphatic carbocycles. The normalized spacial score (nSPS) is 42.9. The molecule has 94 valence electrons. The fourth-order valence-corrected chi connectivity index (χ4v) is 3.26. The van der Waals surface area contributed by atoms with Gasteiger partial charge in [0, 0.05) is 25.2 Å². The van der Waals surface area contributed by atoms with Crippen LogP contribution in [0.3, 0.4) is 0 Å². The third-order valence-corrected chi connectivity index (χ3v) is 3.95. The van der Waals surface area contributed by atoms with Crippen LogP contribution in [0.4, 0.5) is 0 Å². The second-order valence-corrected chi connectivity index (χ2v) is 5.58. The zero-order valence-corrected chi connectivity index (χ0v) is 10.7. The van der Waals surface area contributed by atoms with Crippen LogP contribution in [-0.4, -0.2) is 42.3 Å². The minimum Gasteiger partial charge on any atom is -0.373 e. The molecule has 2 N–H and O–H groups in total. The second kappa shape index (κ2) is 5.48. The van der Waals surface area contributed by atoms with E-state index >= 15 is 0 Å². The Balaban J connectivity index is 1.98. The van der Waals surface area contributed by atoms with Gasteiger partial charge in [-0.25, -0.2) is 0 Å². The minimum atomic E-state index is 0.360. The summed E-state index contributed by atoms with van der Waals surface area (Å²) in [5.41, 5.74) is 6.32. The van der Waals surface area contributed by atoms with Crippen molar-refractivity contribution < 1.29 is 4.74 Å². The topological polar surface area (TPSA) is 38.5 Å². The average Bonchev–Trinajstić information content (AvgIpc) is 2.41. The largest absolute Gasteiger partial charge is 0.373 e. The first-order valence-electron chi connectivity index (χ1n) is 6.82. The number of nitrogens with zero attached hydrogens (tertiary/aromatic N) is 1. The van der Waals surface area contributed by atoms with E-state index in [9.17, 15) is 0 Å². The van der Waals surface area contributed by atoms with E-state index in [-0.39, 0.29) is 0 Å². The maximum atomic E-state index is 6.32. The monoisotopic (exact) mass is 226 g/mol. The molecule has 0 bridgehead atoms. The Morgan fingerprint density at radius 3 is 2.31 bits per heavy atom. The van der Waals surface area contributed by atoms with E-state index in [4.69, 9.17) is 10.5 Å². The van der Waals surface area contributed by atoms with E-state index in [0.717, 1.165) is 13.1 Å². The summed E-state index contributed by atoms with van der Waals surface area (Å²) in [6, 6.07) is 0.969. The first-order valence-corrected chi connectivity index (χ1v) is 6.82. The third-order valence-electron chi connectivity index (χ3n) is 3.95. The number of rotatable bonds is 1. The van der Waals surface area contributed by atoms with Crippen molar-refractivity contribution in [3.05, 3.63) is 0 Å². The summed E-state index contributed by atoms with van der Waals surface area (Å²) in [4.78, 5) is 2.58. The smallest absolute Gasteiger partial charge is 0.0678 e. The summed E-state index contributed by atoms with van der Waals surface area (Å²) in [7, 11) is 0. The molecule has 4 atom stereocenters. The lowest BCUT2D eigenvalue weighted by Gasteiger charge is -2.42. The lowest BCUT2D eigenvalue weighted by molar-refractivity contribution is -0.0836. The third kappa shape index (κ3) is 2.96. The van der Waals surface area contributed by atoms with Crippen LogP contribution in [0, 0.1) is 0 Å². The number of ether oxygens (including phenoxy) is 1. The molecule has 3 nitrogen and oxygen atoms in total. The summed E-state index contributed by atoms with van der Waals surface area (Å²) < 4.78 is 5.79. The molecule has 2 rings (SSSR count). The minimum absolute atomic E-state index is 0.360. The van der Waals surface area contributed by atoms with E-state index in [2.05, 4.69) is 18.7 Å². The zero-order valence-electron chi connectivity index (χ0n) is 10.7. The number of morpholine rings is 1.